The number of sulfone groups is 1. The summed E-state index contributed by atoms with van der Waals surface area (Å²) in [5.41, 5.74) is 7.32. The number of carbonyl (C=O) groups is 2. The Morgan fingerprint density at radius 1 is 1.18 bits per heavy atom. The summed E-state index contributed by atoms with van der Waals surface area (Å²) in [4.78, 5) is 30.8. The van der Waals surface area contributed by atoms with Crippen LogP contribution in [0.5, 0.6) is 5.75 Å². The summed E-state index contributed by atoms with van der Waals surface area (Å²) in [5.74, 6) is -1.26. The first-order valence-electron chi connectivity index (χ1n) is 12.2. The number of anilines is 1. The summed E-state index contributed by atoms with van der Waals surface area (Å²) >= 11 is 0. The molecule has 2 heterocycles. The molecule has 1 aliphatic heterocycles. The van der Waals surface area contributed by atoms with Gasteiger partial charge < -0.3 is 25.2 Å². The first-order valence-corrected chi connectivity index (χ1v) is 13.6. The average molecular weight is 552 g/mol. The molecule has 0 spiro atoms. The molecule has 1 aliphatic rings. The highest BCUT2D eigenvalue weighted by Gasteiger charge is 2.32. The molecule has 3 N–H and O–H groups in total. The van der Waals surface area contributed by atoms with E-state index in [0.29, 0.717) is 37.6 Å². The van der Waals surface area contributed by atoms with Gasteiger partial charge in [-0.05, 0) is 60.0 Å². The van der Waals surface area contributed by atoms with E-state index in [1.807, 2.05) is 0 Å². The van der Waals surface area contributed by atoms with Crippen molar-refractivity contribution >= 4 is 33.5 Å². The molecule has 1 saturated heterocycles. The van der Waals surface area contributed by atoms with E-state index in [-0.39, 0.29) is 39.6 Å². The molecule has 0 saturated carbocycles. The van der Waals surface area contributed by atoms with E-state index in [0.717, 1.165) is 0 Å². The van der Waals surface area contributed by atoms with Gasteiger partial charge in [-0.25, -0.2) is 13.2 Å². The number of nitrogens with two attached hydrogens (primary N) is 1. The smallest absolute Gasteiger partial charge is 0.337 e. The van der Waals surface area contributed by atoms with Crippen LogP contribution in [0.15, 0.2) is 64.7 Å². The van der Waals surface area contributed by atoms with E-state index in [1.54, 1.807) is 29.4 Å². The predicted molar refractivity (Wildman–Crippen MR) is 144 cm³/mol. The lowest BCUT2D eigenvalue weighted by atomic mass is 9.91. The number of ether oxygens (including phenoxy) is 2. The van der Waals surface area contributed by atoms with Crippen molar-refractivity contribution in [1.29, 1.82) is 0 Å². The lowest BCUT2D eigenvalue weighted by Crippen LogP contribution is -2.39. The summed E-state index contributed by atoms with van der Waals surface area (Å²) in [6.45, 7) is 3.18. The molecule has 1 fully saturated rings. The van der Waals surface area contributed by atoms with Crippen molar-refractivity contribution in [3.8, 4) is 5.75 Å². The molecule has 1 aromatic heterocycles. The Morgan fingerprint density at radius 3 is 2.46 bits per heavy atom. The second-order valence-corrected chi connectivity index (χ2v) is 10.8. The van der Waals surface area contributed by atoms with Gasteiger partial charge >= 0.3 is 5.97 Å². The second kappa shape index (κ2) is 11.7. The number of aromatic carboxylic acids is 1. The van der Waals surface area contributed by atoms with Gasteiger partial charge in [0, 0.05) is 49.2 Å². The Morgan fingerprint density at radius 2 is 1.87 bits per heavy atom. The zero-order valence-corrected chi connectivity index (χ0v) is 22.4. The third kappa shape index (κ3) is 5.79. The Kier molecular flexibility index (Phi) is 8.32. The number of carboxylic acids is 1. The molecule has 0 radical (unpaired) electrons. The molecule has 0 unspecified atom stereocenters. The lowest BCUT2D eigenvalue weighted by molar-refractivity contribution is -0.129. The van der Waals surface area contributed by atoms with E-state index in [9.17, 15) is 23.1 Å². The summed E-state index contributed by atoms with van der Waals surface area (Å²) in [6.07, 6.45) is 5.95. The second-order valence-electron chi connectivity index (χ2n) is 8.93. The number of nitrogen functional groups attached to an aromatic ring is 1. The number of aromatic nitrogens is 1. The third-order valence-corrected chi connectivity index (χ3v) is 8.50. The Hall–Kier alpha value is -4.22. The van der Waals surface area contributed by atoms with E-state index >= 15 is 0 Å². The van der Waals surface area contributed by atoms with Crippen LogP contribution >= 0.6 is 0 Å². The van der Waals surface area contributed by atoms with Crippen LogP contribution in [0.4, 0.5) is 5.69 Å². The molecule has 0 atom stereocenters. The summed E-state index contributed by atoms with van der Waals surface area (Å²) in [5, 5.41) is 10.4. The minimum absolute atomic E-state index is 0.0243. The number of carbonyl (C=O) groups excluding carboxylic acids is 1. The number of benzene rings is 2. The van der Waals surface area contributed by atoms with Gasteiger partial charge in [0.2, 0.25) is 15.7 Å². The minimum Gasteiger partial charge on any atom is -0.497 e. The maximum Gasteiger partial charge on any atom is 0.337 e. The van der Waals surface area contributed by atoms with Crippen molar-refractivity contribution in [2.75, 3.05) is 39.1 Å². The number of morpholine rings is 1. The number of methoxy groups -OCH3 is 1. The number of carboxylic acid groups (broad SMARTS) is 1. The maximum atomic E-state index is 13.9. The number of rotatable bonds is 8. The Balaban J connectivity index is 1.94. The van der Waals surface area contributed by atoms with Crippen LogP contribution in [0, 0.1) is 6.92 Å². The number of hydrogen-bond acceptors (Lipinski definition) is 8. The molecular weight excluding hydrogens is 522 g/mol. The van der Waals surface area contributed by atoms with Gasteiger partial charge in [0.15, 0.2) is 0 Å². The maximum absolute atomic E-state index is 13.9. The van der Waals surface area contributed by atoms with Crippen LogP contribution in [0.3, 0.4) is 0 Å². The van der Waals surface area contributed by atoms with Crippen molar-refractivity contribution < 1.29 is 32.6 Å². The normalized spacial score (nSPS) is 13.9. The average Bonchev–Trinajstić information content (AvgIpc) is 2.95. The third-order valence-electron chi connectivity index (χ3n) is 6.56. The van der Waals surface area contributed by atoms with Crippen molar-refractivity contribution in [3.05, 3.63) is 82.7 Å². The monoisotopic (exact) mass is 551 g/mol. The zero-order chi connectivity index (χ0) is 28.2. The van der Waals surface area contributed by atoms with Gasteiger partial charge in [0.05, 0.1) is 35.7 Å². The first kappa shape index (κ1) is 27.8. The molecular formula is C28H29N3O7S. The highest BCUT2D eigenvalue weighted by Crippen LogP contribution is 2.38. The van der Waals surface area contributed by atoms with Gasteiger partial charge in [-0.2, -0.15) is 0 Å². The standard InChI is InChI=1S/C28H29N3O7S/c1-18-26(29)22(9-10-24(32)31-12-14-38-15-13-31)23(16-19-4-3-11-30-17-19)25(28(33)34)27(18)39(35,36)21-7-5-20(37-2)6-8-21/h3-11,17H,12-16,29H2,1-2H3,(H,33,34). The number of nitrogens with zero attached hydrogens (tertiary/aromatic N) is 2. The van der Waals surface area contributed by atoms with Gasteiger partial charge in [-0.3, -0.25) is 9.78 Å². The SMILES string of the molecule is COc1ccc(S(=O)(=O)c2c(C)c(N)c(C=CC(=O)N3CCOCC3)c(Cc3cccnc3)c2C(=O)O)cc1. The largest absolute Gasteiger partial charge is 0.497 e. The van der Waals surface area contributed by atoms with Crippen LogP contribution in [-0.4, -0.2) is 68.7 Å². The Labute approximate surface area is 226 Å². The van der Waals surface area contributed by atoms with Crippen LogP contribution < -0.4 is 10.5 Å². The highest BCUT2D eigenvalue weighted by atomic mass is 32.2. The van der Waals surface area contributed by atoms with Crippen molar-refractivity contribution in [1.82, 2.24) is 9.88 Å². The highest BCUT2D eigenvalue weighted by molar-refractivity contribution is 7.91. The van der Waals surface area contributed by atoms with Crippen molar-refractivity contribution in [3.63, 3.8) is 0 Å². The molecule has 3 aromatic rings. The molecule has 2 aromatic carbocycles. The molecule has 204 valence electrons. The van der Waals surface area contributed by atoms with Gasteiger partial charge in [0.25, 0.3) is 0 Å². The fraction of sp³-hybridized carbons (Fsp3) is 0.250. The number of hydrogen-bond donors (Lipinski definition) is 2. The van der Waals surface area contributed by atoms with Crippen LogP contribution in [0.1, 0.15) is 32.6 Å². The molecule has 10 nitrogen and oxygen atoms in total. The summed E-state index contributed by atoms with van der Waals surface area (Å²) < 4.78 is 38.1. The topological polar surface area (TPSA) is 149 Å². The van der Waals surface area contributed by atoms with Gasteiger partial charge in [-0.1, -0.05) is 6.07 Å². The van der Waals surface area contributed by atoms with Crippen LogP contribution in [-0.2, 0) is 25.8 Å². The molecule has 0 bridgehead atoms. The van der Waals surface area contributed by atoms with Crippen molar-refractivity contribution in [2.45, 2.75) is 23.1 Å². The summed E-state index contributed by atoms with van der Waals surface area (Å²) in [7, 11) is -2.86. The zero-order valence-electron chi connectivity index (χ0n) is 21.6. The fourth-order valence-electron chi connectivity index (χ4n) is 4.51. The predicted octanol–water partition coefficient (Wildman–Crippen LogP) is 2.97. The van der Waals surface area contributed by atoms with E-state index < -0.39 is 26.3 Å². The van der Waals surface area contributed by atoms with Crippen LogP contribution in [0.2, 0.25) is 0 Å². The van der Waals surface area contributed by atoms with E-state index in [2.05, 4.69) is 4.98 Å². The summed E-state index contributed by atoms with van der Waals surface area (Å²) in [6, 6.07) is 9.11. The van der Waals surface area contributed by atoms with Crippen molar-refractivity contribution in [2.24, 2.45) is 0 Å². The molecule has 0 aliphatic carbocycles. The van der Waals surface area contributed by atoms with Gasteiger partial charge in [0.1, 0.15) is 5.75 Å². The number of amides is 1. The van der Waals surface area contributed by atoms with E-state index in [4.69, 9.17) is 15.2 Å². The molecule has 4 rings (SSSR count). The number of pyridine rings is 1. The molecule has 1 amide bonds. The molecule has 11 heteroatoms. The van der Waals surface area contributed by atoms with E-state index in [1.165, 1.54) is 50.5 Å². The quantitative estimate of drug-likeness (QED) is 0.318. The van der Waals surface area contributed by atoms with Crippen LogP contribution in [0.25, 0.3) is 6.08 Å². The lowest BCUT2D eigenvalue weighted by Gasteiger charge is -2.25. The fourth-order valence-corrected chi connectivity index (χ4v) is 6.23. The van der Waals surface area contributed by atoms with Gasteiger partial charge in [-0.15, -0.1) is 0 Å². The Bertz CT molecular complexity index is 1510. The minimum atomic E-state index is -4.32. The first-order chi connectivity index (χ1) is 18.6. The molecule has 39 heavy (non-hydrogen) atoms.